The van der Waals surface area contributed by atoms with Crippen molar-refractivity contribution >= 4 is 23.8 Å². The quantitative estimate of drug-likeness (QED) is 0.271. The molecule has 0 radical (unpaired) electrons. The average Bonchev–Trinajstić information content (AvgIpc) is 2.45. The monoisotopic (exact) mass is 305 g/mol. The maximum atomic E-state index is 11.2. The first-order valence-corrected chi connectivity index (χ1v) is 6.31. The van der Waals surface area contributed by atoms with E-state index in [4.69, 9.17) is 15.6 Å². The van der Waals surface area contributed by atoms with E-state index in [1.807, 2.05) is 0 Å². The molecule has 120 valence electrons. The summed E-state index contributed by atoms with van der Waals surface area (Å²) in [5, 5.41) is 8.41. The number of carbonyl (C=O) groups is 4. The lowest BCUT2D eigenvalue weighted by molar-refractivity contribution is -0.154. The molecule has 0 aromatic rings. The van der Waals surface area contributed by atoms with Crippen molar-refractivity contribution in [1.82, 2.24) is 0 Å². The minimum Gasteiger partial charge on any atom is -0.463 e. The molecule has 0 bridgehead atoms. The molecular formula is C12H19NO8. The van der Waals surface area contributed by atoms with Crippen LogP contribution in [0.25, 0.3) is 0 Å². The smallest absolute Gasteiger partial charge is 0.306 e. The largest absolute Gasteiger partial charge is 0.463 e. The maximum Gasteiger partial charge on any atom is 0.306 e. The lowest BCUT2D eigenvalue weighted by atomic mass is 10.3. The van der Waals surface area contributed by atoms with Crippen molar-refractivity contribution < 1.29 is 38.5 Å². The Hall–Kier alpha value is -2.16. The Morgan fingerprint density at radius 1 is 0.714 bits per heavy atom. The fourth-order valence-corrected chi connectivity index (χ4v) is 1.12. The van der Waals surface area contributed by atoms with Gasteiger partial charge in [0.2, 0.25) is 5.91 Å². The number of hydrogen-bond acceptors (Lipinski definition) is 8. The third-order valence-corrected chi connectivity index (χ3v) is 2.07. The summed E-state index contributed by atoms with van der Waals surface area (Å²) < 4.78 is 13.9. The zero-order chi connectivity index (χ0) is 16.1. The highest BCUT2D eigenvalue weighted by molar-refractivity contribution is 5.80. The molecule has 0 saturated heterocycles. The van der Waals surface area contributed by atoms with Crippen LogP contribution >= 0.6 is 0 Å². The van der Waals surface area contributed by atoms with Crippen molar-refractivity contribution in [3.63, 3.8) is 0 Å². The first-order chi connectivity index (χ1) is 9.95. The molecule has 0 aliphatic carbocycles. The van der Waals surface area contributed by atoms with Gasteiger partial charge in [-0.25, -0.2) is 0 Å². The highest BCUT2D eigenvalue weighted by atomic mass is 16.6. The van der Waals surface area contributed by atoms with Gasteiger partial charge < -0.3 is 25.1 Å². The standard InChI is InChI=1S/C12H19NO8/c13-9(15)1-2-10(16)20-7-8-21-12(18)4-3-11(17)19-6-5-14/h14H,1-8H2,(H2,13,15). The Bertz CT molecular complexity index is 368. The van der Waals surface area contributed by atoms with Crippen molar-refractivity contribution in [3.8, 4) is 0 Å². The van der Waals surface area contributed by atoms with Crippen molar-refractivity contribution in [1.29, 1.82) is 0 Å². The summed E-state index contributed by atoms with van der Waals surface area (Å²) in [6, 6.07) is 0. The lowest BCUT2D eigenvalue weighted by Gasteiger charge is -2.06. The van der Waals surface area contributed by atoms with Crippen molar-refractivity contribution in [2.24, 2.45) is 5.73 Å². The minimum absolute atomic E-state index is 0.103. The molecule has 0 unspecified atom stereocenters. The second-order valence-electron chi connectivity index (χ2n) is 3.85. The number of ether oxygens (including phenoxy) is 3. The molecule has 0 fully saturated rings. The van der Waals surface area contributed by atoms with Gasteiger partial charge in [-0.05, 0) is 0 Å². The van der Waals surface area contributed by atoms with Crippen LogP contribution in [0.4, 0.5) is 0 Å². The van der Waals surface area contributed by atoms with Crippen molar-refractivity contribution in [2.75, 3.05) is 26.4 Å². The number of hydrogen-bond donors (Lipinski definition) is 2. The Labute approximate surface area is 121 Å². The number of esters is 3. The normalized spacial score (nSPS) is 9.76. The van der Waals surface area contributed by atoms with Crippen molar-refractivity contribution in [2.45, 2.75) is 25.7 Å². The second kappa shape index (κ2) is 11.6. The average molecular weight is 305 g/mol. The molecule has 0 aromatic carbocycles. The van der Waals surface area contributed by atoms with E-state index in [1.165, 1.54) is 0 Å². The van der Waals surface area contributed by atoms with Crippen LogP contribution in [0.1, 0.15) is 25.7 Å². The molecule has 0 saturated carbocycles. The van der Waals surface area contributed by atoms with E-state index in [9.17, 15) is 19.2 Å². The summed E-state index contributed by atoms with van der Waals surface area (Å²) in [5.41, 5.74) is 4.86. The van der Waals surface area contributed by atoms with E-state index in [2.05, 4.69) is 9.47 Å². The van der Waals surface area contributed by atoms with E-state index < -0.39 is 23.8 Å². The van der Waals surface area contributed by atoms with Gasteiger partial charge in [-0.1, -0.05) is 0 Å². The van der Waals surface area contributed by atoms with Crippen LogP contribution in [0.2, 0.25) is 0 Å². The van der Waals surface area contributed by atoms with Crippen molar-refractivity contribution in [3.05, 3.63) is 0 Å². The van der Waals surface area contributed by atoms with Crippen LogP contribution < -0.4 is 5.73 Å². The first-order valence-electron chi connectivity index (χ1n) is 6.31. The summed E-state index contributed by atoms with van der Waals surface area (Å²) in [7, 11) is 0. The summed E-state index contributed by atoms with van der Waals surface area (Å²) in [6.07, 6.45) is -0.550. The van der Waals surface area contributed by atoms with Gasteiger partial charge in [0.05, 0.1) is 25.9 Å². The molecule has 0 rings (SSSR count). The molecule has 1 amide bonds. The molecule has 0 aromatic heterocycles. The number of nitrogens with two attached hydrogens (primary N) is 1. The third-order valence-electron chi connectivity index (χ3n) is 2.07. The van der Waals surface area contributed by atoms with Gasteiger partial charge in [-0.2, -0.15) is 0 Å². The number of aliphatic hydroxyl groups is 1. The lowest BCUT2D eigenvalue weighted by Crippen LogP contribution is -2.17. The summed E-state index contributed by atoms with van der Waals surface area (Å²) >= 11 is 0. The van der Waals surface area contributed by atoms with Gasteiger partial charge >= 0.3 is 17.9 Å². The molecule has 21 heavy (non-hydrogen) atoms. The summed E-state index contributed by atoms with van der Waals surface area (Å²) in [4.78, 5) is 43.7. The number of rotatable bonds is 11. The van der Waals surface area contributed by atoms with Gasteiger partial charge in [0.25, 0.3) is 0 Å². The third kappa shape index (κ3) is 12.6. The molecular weight excluding hydrogens is 286 g/mol. The zero-order valence-corrected chi connectivity index (χ0v) is 11.5. The van der Waals surface area contributed by atoms with Gasteiger partial charge in [-0.15, -0.1) is 0 Å². The fraction of sp³-hybridized carbons (Fsp3) is 0.667. The minimum atomic E-state index is -0.635. The summed E-state index contributed by atoms with van der Waals surface area (Å²) in [5.74, 6) is -2.47. The highest BCUT2D eigenvalue weighted by Gasteiger charge is 2.10. The SMILES string of the molecule is NC(=O)CCC(=O)OCCOC(=O)CCC(=O)OCCO. The first kappa shape index (κ1) is 18.8. The Balaban J connectivity index is 3.55. The predicted molar refractivity (Wildman–Crippen MR) is 67.6 cm³/mol. The van der Waals surface area contributed by atoms with E-state index in [0.717, 1.165) is 0 Å². The zero-order valence-electron chi connectivity index (χ0n) is 11.5. The molecule has 3 N–H and O–H groups in total. The fourth-order valence-electron chi connectivity index (χ4n) is 1.12. The number of amides is 1. The molecule has 9 heteroatoms. The molecule has 0 spiro atoms. The van der Waals surface area contributed by atoms with Gasteiger partial charge in [0.15, 0.2) is 0 Å². The molecule has 0 atom stereocenters. The van der Waals surface area contributed by atoms with Gasteiger partial charge in [-0.3, -0.25) is 19.2 Å². The van der Waals surface area contributed by atoms with Gasteiger partial charge in [0, 0.05) is 6.42 Å². The van der Waals surface area contributed by atoms with Crippen LogP contribution in [0.3, 0.4) is 0 Å². The van der Waals surface area contributed by atoms with Crippen LogP contribution in [0.15, 0.2) is 0 Å². The van der Waals surface area contributed by atoms with E-state index >= 15 is 0 Å². The van der Waals surface area contributed by atoms with Gasteiger partial charge in [0.1, 0.15) is 19.8 Å². The Kier molecular flexibility index (Phi) is 10.5. The molecule has 0 heterocycles. The number of carbonyl (C=O) groups excluding carboxylic acids is 4. The van der Waals surface area contributed by atoms with Crippen LogP contribution in [-0.2, 0) is 33.4 Å². The predicted octanol–water partition coefficient (Wildman–Crippen LogP) is -1.35. The van der Waals surface area contributed by atoms with Crippen LogP contribution in [0, 0.1) is 0 Å². The van der Waals surface area contributed by atoms with Crippen LogP contribution in [0.5, 0.6) is 0 Å². The Morgan fingerprint density at radius 3 is 1.48 bits per heavy atom. The number of primary amides is 1. The van der Waals surface area contributed by atoms with E-state index in [-0.39, 0.29) is 52.1 Å². The summed E-state index contributed by atoms with van der Waals surface area (Å²) in [6.45, 7) is -0.683. The maximum absolute atomic E-state index is 11.2. The molecule has 9 nitrogen and oxygen atoms in total. The highest BCUT2D eigenvalue weighted by Crippen LogP contribution is 1.97. The second-order valence-corrected chi connectivity index (χ2v) is 3.85. The molecule has 0 aliphatic rings. The molecule has 0 aliphatic heterocycles. The number of aliphatic hydroxyl groups excluding tert-OH is 1. The van der Waals surface area contributed by atoms with E-state index in [1.54, 1.807) is 0 Å². The Morgan fingerprint density at radius 2 is 1.10 bits per heavy atom. The van der Waals surface area contributed by atoms with E-state index in [0.29, 0.717) is 0 Å². The topological polar surface area (TPSA) is 142 Å². The van der Waals surface area contributed by atoms with Crippen LogP contribution in [-0.4, -0.2) is 55.3 Å².